The van der Waals surface area contributed by atoms with Crippen LogP contribution in [0.2, 0.25) is 0 Å². The summed E-state index contributed by atoms with van der Waals surface area (Å²) in [5.74, 6) is 2.01. The largest absolute Gasteiger partial charge is 0.382 e. The summed E-state index contributed by atoms with van der Waals surface area (Å²) in [7, 11) is 1.83. The fraction of sp³-hybridized carbons (Fsp3) is 1.00. The van der Waals surface area contributed by atoms with Gasteiger partial charge in [-0.05, 0) is 49.9 Å². The zero-order valence-corrected chi connectivity index (χ0v) is 10.8. The van der Waals surface area contributed by atoms with Crippen LogP contribution in [0.1, 0.15) is 39.0 Å². The van der Waals surface area contributed by atoms with E-state index in [9.17, 15) is 0 Å². The molecule has 0 saturated heterocycles. The van der Waals surface area contributed by atoms with Gasteiger partial charge < -0.3 is 4.74 Å². The highest BCUT2D eigenvalue weighted by Crippen LogP contribution is 2.58. The lowest BCUT2D eigenvalue weighted by atomic mass is 9.71. The Kier molecular flexibility index (Phi) is 3.23. The maximum atomic E-state index is 5.43. The summed E-state index contributed by atoms with van der Waals surface area (Å²) in [6, 6.07) is 0. The van der Waals surface area contributed by atoms with Crippen LogP contribution < -0.4 is 0 Å². The summed E-state index contributed by atoms with van der Waals surface area (Å²) < 4.78 is 5.43. The first-order valence-electron chi connectivity index (χ1n) is 5.79. The summed E-state index contributed by atoms with van der Waals surface area (Å²) in [6.45, 7) is 2.20. The van der Waals surface area contributed by atoms with Gasteiger partial charge >= 0.3 is 0 Å². The van der Waals surface area contributed by atoms with Gasteiger partial charge in [-0.25, -0.2) is 0 Å². The van der Waals surface area contributed by atoms with Crippen molar-refractivity contribution in [3.63, 3.8) is 0 Å². The highest BCUT2D eigenvalue weighted by molar-refractivity contribution is 9.09. The van der Waals surface area contributed by atoms with Gasteiger partial charge in [-0.2, -0.15) is 0 Å². The molecule has 2 aliphatic carbocycles. The fourth-order valence-electron chi connectivity index (χ4n) is 3.68. The Labute approximate surface area is 95.7 Å². The number of ether oxygens (including phenoxy) is 1. The third-order valence-electron chi connectivity index (χ3n) is 4.46. The minimum Gasteiger partial charge on any atom is -0.382 e. The first kappa shape index (κ1) is 10.9. The zero-order valence-electron chi connectivity index (χ0n) is 9.26. The van der Waals surface area contributed by atoms with E-state index in [0.717, 1.165) is 11.8 Å². The van der Waals surface area contributed by atoms with Gasteiger partial charge in [0.05, 0.1) is 6.10 Å². The van der Waals surface area contributed by atoms with Crippen molar-refractivity contribution in [2.75, 3.05) is 12.4 Å². The lowest BCUT2D eigenvalue weighted by Crippen LogP contribution is -2.33. The van der Waals surface area contributed by atoms with Gasteiger partial charge in [0.1, 0.15) is 0 Å². The fourth-order valence-corrected chi connectivity index (χ4v) is 4.60. The normalized spacial score (nSPS) is 43.1. The van der Waals surface area contributed by atoms with Crippen molar-refractivity contribution >= 4 is 15.9 Å². The van der Waals surface area contributed by atoms with Crippen molar-refractivity contribution in [3.8, 4) is 0 Å². The molecule has 2 rings (SSSR count). The molecule has 2 heteroatoms. The second-order valence-electron chi connectivity index (χ2n) is 5.33. The smallest absolute Gasteiger partial charge is 0.0548 e. The van der Waals surface area contributed by atoms with Crippen LogP contribution >= 0.6 is 15.9 Å². The van der Waals surface area contributed by atoms with E-state index < -0.39 is 0 Å². The first-order valence-corrected chi connectivity index (χ1v) is 6.91. The molecule has 0 aromatic rings. The Hall–Kier alpha value is 0.440. The Balaban J connectivity index is 2.03. The standard InChI is InChI=1S/C12H21BrO/c1-9(14-2)6-12(8-13)7-10-3-4-11(12)5-10/h9-11H,3-8H2,1-2H3. The number of rotatable bonds is 4. The minimum atomic E-state index is 0.423. The molecule has 2 aliphatic rings. The summed E-state index contributed by atoms with van der Waals surface area (Å²) in [6.07, 6.45) is 7.55. The van der Waals surface area contributed by atoms with Crippen molar-refractivity contribution in [2.45, 2.75) is 45.1 Å². The van der Waals surface area contributed by atoms with Crippen molar-refractivity contribution in [3.05, 3.63) is 0 Å². The van der Waals surface area contributed by atoms with Crippen LogP contribution in [0.15, 0.2) is 0 Å². The van der Waals surface area contributed by atoms with Crippen LogP contribution in [-0.4, -0.2) is 18.5 Å². The molecule has 4 atom stereocenters. The van der Waals surface area contributed by atoms with E-state index in [1.807, 2.05) is 7.11 Å². The van der Waals surface area contributed by atoms with Crippen LogP contribution in [0.4, 0.5) is 0 Å². The summed E-state index contributed by atoms with van der Waals surface area (Å²) >= 11 is 3.74. The van der Waals surface area contributed by atoms with Crippen molar-refractivity contribution in [1.82, 2.24) is 0 Å². The lowest BCUT2D eigenvalue weighted by molar-refractivity contribution is 0.0487. The first-order chi connectivity index (χ1) is 6.70. The maximum Gasteiger partial charge on any atom is 0.0548 e. The Morgan fingerprint density at radius 2 is 2.29 bits per heavy atom. The molecule has 0 amide bonds. The molecule has 0 N–H and O–H groups in total. The Morgan fingerprint density at radius 3 is 2.71 bits per heavy atom. The van der Waals surface area contributed by atoms with E-state index in [1.165, 1.54) is 37.4 Å². The van der Waals surface area contributed by atoms with Gasteiger partial charge in [-0.3, -0.25) is 0 Å². The molecule has 14 heavy (non-hydrogen) atoms. The predicted molar refractivity (Wildman–Crippen MR) is 62.8 cm³/mol. The van der Waals surface area contributed by atoms with E-state index in [4.69, 9.17) is 4.74 Å². The predicted octanol–water partition coefficient (Wildman–Crippen LogP) is 3.61. The summed E-state index contributed by atoms with van der Waals surface area (Å²) in [5.41, 5.74) is 0.568. The number of hydrogen-bond donors (Lipinski definition) is 0. The topological polar surface area (TPSA) is 9.23 Å². The molecule has 0 aromatic heterocycles. The summed E-state index contributed by atoms with van der Waals surface area (Å²) in [4.78, 5) is 0. The van der Waals surface area contributed by atoms with Gasteiger partial charge in [0.15, 0.2) is 0 Å². The Bertz CT molecular complexity index is 206. The van der Waals surface area contributed by atoms with Crippen LogP contribution in [0.25, 0.3) is 0 Å². The van der Waals surface area contributed by atoms with E-state index in [2.05, 4.69) is 22.9 Å². The molecule has 1 nitrogen and oxygen atoms in total. The average molecular weight is 261 g/mol. The number of alkyl halides is 1. The molecular formula is C12H21BrO. The molecule has 0 heterocycles. The molecule has 0 aliphatic heterocycles. The van der Waals surface area contributed by atoms with Crippen LogP contribution in [0, 0.1) is 17.3 Å². The average Bonchev–Trinajstić information content (AvgIpc) is 2.77. The quantitative estimate of drug-likeness (QED) is 0.702. The van der Waals surface area contributed by atoms with Crippen molar-refractivity contribution < 1.29 is 4.74 Å². The van der Waals surface area contributed by atoms with E-state index in [1.54, 1.807) is 0 Å². The molecule has 0 radical (unpaired) electrons. The number of hydrogen-bond acceptors (Lipinski definition) is 1. The zero-order chi connectivity index (χ0) is 10.2. The third kappa shape index (κ3) is 1.76. The van der Waals surface area contributed by atoms with E-state index in [0.29, 0.717) is 11.5 Å². The molecule has 0 aromatic carbocycles. The molecule has 4 unspecified atom stereocenters. The molecule has 82 valence electrons. The minimum absolute atomic E-state index is 0.423. The SMILES string of the molecule is COC(C)CC1(CBr)CC2CCC1C2. The molecule has 2 bridgehead atoms. The van der Waals surface area contributed by atoms with Gasteiger partial charge in [0, 0.05) is 12.4 Å². The monoisotopic (exact) mass is 260 g/mol. The molecule has 0 spiro atoms. The third-order valence-corrected chi connectivity index (χ3v) is 5.58. The van der Waals surface area contributed by atoms with E-state index >= 15 is 0 Å². The number of fused-ring (bicyclic) bond motifs is 2. The second kappa shape index (κ2) is 4.13. The lowest BCUT2D eigenvalue weighted by Gasteiger charge is -2.38. The van der Waals surface area contributed by atoms with Gasteiger partial charge in [0.25, 0.3) is 0 Å². The van der Waals surface area contributed by atoms with Gasteiger partial charge in [0.2, 0.25) is 0 Å². The van der Waals surface area contributed by atoms with Crippen molar-refractivity contribution in [1.29, 1.82) is 0 Å². The number of methoxy groups -OCH3 is 1. The van der Waals surface area contributed by atoms with Crippen LogP contribution in [-0.2, 0) is 4.74 Å². The number of halogens is 1. The summed E-state index contributed by atoms with van der Waals surface area (Å²) in [5, 5.41) is 1.18. The van der Waals surface area contributed by atoms with Gasteiger partial charge in [-0.15, -0.1) is 0 Å². The van der Waals surface area contributed by atoms with Crippen LogP contribution in [0.5, 0.6) is 0 Å². The molecule has 2 saturated carbocycles. The van der Waals surface area contributed by atoms with Crippen LogP contribution in [0.3, 0.4) is 0 Å². The highest BCUT2D eigenvalue weighted by Gasteiger charge is 2.50. The molecule has 2 fully saturated rings. The Morgan fingerprint density at radius 1 is 1.50 bits per heavy atom. The second-order valence-corrected chi connectivity index (χ2v) is 5.89. The molecular weight excluding hydrogens is 240 g/mol. The highest BCUT2D eigenvalue weighted by atomic mass is 79.9. The van der Waals surface area contributed by atoms with Gasteiger partial charge in [-0.1, -0.05) is 22.4 Å². The maximum absolute atomic E-state index is 5.43. The van der Waals surface area contributed by atoms with Crippen molar-refractivity contribution in [2.24, 2.45) is 17.3 Å². The van der Waals surface area contributed by atoms with E-state index in [-0.39, 0.29) is 0 Å².